The molecule has 8 nitrogen and oxygen atoms in total. The average Bonchev–Trinajstić information content (AvgIpc) is 3.23. The molecule has 3 heterocycles. The van der Waals surface area contributed by atoms with E-state index in [2.05, 4.69) is 10.4 Å². The van der Waals surface area contributed by atoms with Crippen molar-refractivity contribution in [2.24, 2.45) is 0 Å². The first-order chi connectivity index (χ1) is 13.5. The first-order valence-corrected chi connectivity index (χ1v) is 9.55. The highest BCUT2D eigenvalue weighted by atomic mass is 16.5. The van der Waals surface area contributed by atoms with Gasteiger partial charge in [-0.25, -0.2) is 4.79 Å². The normalized spacial score (nSPS) is 17.9. The summed E-state index contributed by atoms with van der Waals surface area (Å²) in [4.78, 5) is 28.2. The summed E-state index contributed by atoms with van der Waals surface area (Å²) in [7, 11) is 3.52. The van der Waals surface area contributed by atoms with Crippen molar-refractivity contribution in [3.8, 4) is 5.75 Å². The van der Waals surface area contributed by atoms with Crippen LogP contribution in [0, 0.1) is 0 Å². The lowest BCUT2D eigenvalue weighted by atomic mass is 10.1. The quantitative estimate of drug-likeness (QED) is 0.869. The van der Waals surface area contributed by atoms with E-state index in [0.717, 1.165) is 35.7 Å². The molecular formula is C20H25N5O3. The Labute approximate surface area is 164 Å². The van der Waals surface area contributed by atoms with Gasteiger partial charge in [0, 0.05) is 33.6 Å². The van der Waals surface area contributed by atoms with Crippen LogP contribution < -0.4 is 10.1 Å². The van der Waals surface area contributed by atoms with Crippen molar-refractivity contribution in [1.82, 2.24) is 24.9 Å². The lowest BCUT2D eigenvalue weighted by Gasteiger charge is -2.23. The number of amides is 3. The summed E-state index contributed by atoms with van der Waals surface area (Å²) in [5.41, 5.74) is 2.83. The van der Waals surface area contributed by atoms with Crippen LogP contribution in [-0.2, 0) is 30.8 Å². The number of nitrogens with zero attached hydrogens (tertiary/aromatic N) is 4. The van der Waals surface area contributed by atoms with Gasteiger partial charge in [-0.1, -0.05) is 18.2 Å². The van der Waals surface area contributed by atoms with E-state index in [4.69, 9.17) is 4.74 Å². The van der Waals surface area contributed by atoms with Crippen LogP contribution in [0.4, 0.5) is 4.79 Å². The van der Waals surface area contributed by atoms with E-state index in [-0.39, 0.29) is 11.9 Å². The number of para-hydroxylation sites is 1. The van der Waals surface area contributed by atoms with E-state index >= 15 is 0 Å². The van der Waals surface area contributed by atoms with E-state index in [0.29, 0.717) is 26.1 Å². The molecule has 2 aromatic rings. The second-order valence-corrected chi connectivity index (χ2v) is 7.44. The number of carbonyl (C=O) groups is 2. The van der Waals surface area contributed by atoms with Crippen molar-refractivity contribution in [3.63, 3.8) is 0 Å². The van der Waals surface area contributed by atoms with Gasteiger partial charge >= 0.3 is 6.03 Å². The smallest absolute Gasteiger partial charge is 0.319 e. The number of nitrogens with one attached hydrogen (secondary N) is 1. The van der Waals surface area contributed by atoms with Gasteiger partial charge in [0.1, 0.15) is 5.75 Å². The van der Waals surface area contributed by atoms with Gasteiger partial charge in [-0.2, -0.15) is 5.10 Å². The number of hydrogen-bond donors (Lipinski definition) is 1. The number of carbonyl (C=O) groups excluding carboxylic acids is 2. The Hall–Kier alpha value is -3.03. The molecule has 0 aliphatic carbocycles. The summed E-state index contributed by atoms with van der Waals surface area (Å²) < 4.78 is 7.67. The molecule has 8 heteroatoms. The van der Waals surface area contributed by atoms with Gasteiger partial charge < -0.3 is 19.9 Å². The molecular weight excluding hydrogens is 358 g/mol. The van der Waals surface area contributed by atoms with E-state index in [1.165, 1.54) is 0 Å². The number of aromatic nitrogens is 2. The highest BCUT2D eigenvalue weighted by molar-refractivity contribution is 5.82. The monoisotopic (exact) mass is 383 g/mol. The van der Waals surface area contributed by atoms with E-state index in [1.54, 1.807) is 19.0 Å². The molecule has 1 aromatic heterocycles. The third-order valence-corrected chi connectivity index (χ3v) is 5.10. The zero-order chi connectivity index (χ0) is 19.7. The molecule has 0 spiro atoms. The maximum Gasteiger partial charge on any atom is 0.319 e. The first kappa shape index (κ1) is 18.3. The molecule has 0 saturated carbocycles. The second kappa shape index (κ2) is 7.53. The SMILES string of the molecule is CN(C)C(=O)N1CCCn2nc(CNC(=O)[C@H]3Cc4ccccc4O3)cc2C1. The Morgan fingerprint density at radius 2 is 2.11 bits per heavy atom. The van der Waals surface area contributed by atoms with Crippen LogP contribution in [0.1, 0.15) is 23.4 Å². The summed E-state index contributed by atoms with van der Waals surface area (Å²) in [5, 5.41) is 7.52. The van der Waals surface area contributed by atoms with E-state index < -0.39 is 6.10 Å². The average molecular weight is 383 g/mol. The number of urea groups is 1. The Kier molecular flexibility index (Phi) is 4.93. The fraction of sp³-hybridized carbons (Fsp3) is 0.450. The highest BCUT2D eigenvalue weighted by Crippen LogP contribution is 2.28. The number of fused-ring (bicyclic) bond motifs is 2. The van der Waals surface area contributed by atoms with Crippen molar-refractivity contribution in [2.75, 3.05) is 20.6 Å². The van der Waals surface area contributed by atoms with Crippen LogP contribution in [0.15, 0.2) is 30.3 Å². The van der Waals surface area contributed by atoms with Gasteiger partial charge in [0.2, 0.25) is 0 Å². The molecule has 0 fully saturated rings. The molecule has 1 aromatic carbocycles. The number of aryl methyl sites for hydroxylation is 1. The summed E-state index contributed by atoms with van der Waals surface area (Å²) in [6.45, 7) is 2.35. The van der Waals surface area contributed by atoms with Crippen LogP contribution in [0.25, 0.3) is 0 Å². The number of hydrogen-bond acceptors (Lipinski definition) is 4. The predicted octanol–water partition coefficient (Wildman–Crippen LogP) is 1.39. The molecule has 2 aliphatic heterocycles. The molecule has 28 heavy (non-hydrogen) atoms. The minimum atomic E-state index is -0.494. The molecule has 0 unspecified atom stereocenters. The minimum absolute atomic E-state index is 0.00227. The summed E-state index contributed by atoms with van der Waals surface area (Å²) in [6.07, 6.45) is 0.948. The number of rotatable bonds is 3. The molecule has 1 atom stereocenters. The van der Waals surface area contributed by atoms with E-state index in [1.807, 2.05) is 39.9 Å². The molecule has 0 saturated heterocycles. The summed E-state index contributed by atoms with van der Waals surface area (Å²) in [6, 6.07) is 9.69. The molecule has 148 valence electrons. The van der Waals surface area contributed by atoms with E-state index in [9.17, 15) is 9.59 Å². The Bertz CT molecular complexity index is 867. The van der Waals surface area contributed by atoms with Gasteiger partial charge in [0.05, 0.1) is 24.5 Å². The van der Waals surface area contributed by atoms with Gasteiger partial charge in [-0.15, -0.1) is 0 Å². The molecule has 3 amide bonds. The van der Waals surface area contributed by atoms with Crippen molar-refractivity contribution in [3.05, 3.63) is 47.3 Å². The van der Waals surface area contributed by atoms with Crippen LogP contribution in [-0.4, -0.2) is 58.3 Å². The van der Waals surface area contributed by atoms with Gasteiger partial charge in [-0.05, 0) is 24.1 Å². The molecule has 0 bridgehead atoms. The van der Waals surface area contributed by atoms with Crippen molar-refractivity contribution in [2.45, 2.75) is 38.6 Å². The lowest BCUT2D eigenvalue weighted by molar-refractivity contribution is -0.127. The molecule has 1 N–H and O–H groups in total. The maximum absolute atomic E-state index is 12.5. The summed E-state index contributed by atoms with van der Waals surface area (Å²) >= 11 is 0. The van der Waals surface area contributed by atoms with Gasteiger partial charge in [-0.3, -0.25) is 9.48 Å². The van der Waals surface area contributed by atoms with Crippen LogP contribution >= 0.6 is 0 Å². The van der Waals surface area contributed by atoms with Gasteiger partial charge in [0.15, 0.2) is 6.10 Å². The maximum atomic E-state index is 12.5. The fourth-order valence-corrected chi connectivity index (χ4v) is 3.67. The third-order valence-electron chi connectivity index (χ3n) is 5.10. The minimum Gasteiger partial charge on any atom is -0.480 e. The predicted molar refractivity (Wildman–Crippen MR) is 103 cm³/mol. The molecule has 4 rings (SSSR count). The largest absolute Gasteiger partial charge is 0.480 e. The standard InChI is InChI=1S/C20H25N5O3/c1-23(2)20(27)24-8-5-9-25-16(13-24)11-15(22-25)12-21-19(26)18-10-14-6-3-4-7-17(14)28-18/h3-4,6-7,11,18H,5,8-10,12-13H2,1-2H3,(H,21,26)/t18-/m1/s1. The zero-order valence-corrected chi connectivity index (χ0v) is 16.2. The van der Waals surface area contributed by atoms with Crippen LogP contribution in [0.2, 0.25) is 0 Å². The second-order valence-electron chi connectivity index (χ2n) is 7.44. The van der Waals surface area contributed by atoms with Crippen molar-refractivity contribution < 1.29 is 14.3 Å². The van der Waals surface area contributed by atoms with Gasteiger partial charge in [0.25, 0.3) is 5.91 Å². The lowest BCUT2D eigenvalue weighted by Crippen LogP contribution is -2.38. The molecule has 2 aliphatic rings. The topological polar surface area (TPSA) is 79.7 Å². The zero-order valence-electron chi connectivity index (χ0n) is 16.2. The van der Waals surface area contributed by atoms with Crippen LogP contribution in [0.5, 0.6) is 5.75 Å². The Morgan fingerprint density at radius 3 is 2.89 bits per heavy atom. The highest BCUT2D eigenvalue weighted by Gasteiger charge is 2.29. The Balaban J connectivity index is 1.36. The Morgan fingerprint density at radius 1 is 1.29 bits per heavy atom. The summed E-state index contributed by atoms with van der Waals surface area (Å²) in [5.74, 6) is 0.644. The van der Waals surface area contributed by atoms with Crippen molar-refractivity contribution >= 4 is 11.9 Å². The number of benzene rings is 1. The fourth-order valence-electron chi connectivity index (χ4n) is 3.67. The van der Waals surface area contributed by atoms with Crippen molar-refractivity contribution in [1.29, 1.82) is 0 Å². The molecule has 0 radical (unpaired) electrons. The first-order valence-electron chi connectivity index (χ1n) is 9.55. The number of ether oxygens (including phenoxy) is 1. The third kappa shape index (κ3) is 3.67. The van der Waals surface area contributed by atoms with Crippen LogP contribution in [0.3, 0.4) is 0 Å².